The summed E-state index contributed by atoms with van der Waals surface area (Å²) >= 11 is 3.32. The number of imide groups is 1. The van der Waals surface area contributed by atoms with E-state index in [2.05, 4.69) is 21.2 Å². The number of hydrogen-bond donors (Lipinski definition) is 1. The quantitative estimate of drug-likeness (QED) is 0.544. The molecule has 0 aromatic heterocycles. The van der Waals surface area contributed by atoms with Crippen LogP contribution in [0.2, 0.25) is 0 Å². The first-order chi connectivity index (χ1) is 14.5. The van der Waals surface area contributed by atoms with Gasteiger partial charge in [0, 0.05) is 40.5 Å². The van der Waals surface area contributed by atoms with Gasteiger partial charge in [-0.2, -0.15) is 0 Å². The van der Waals surface area contributed by atoms with Crippen LogP contribution in [0.1, 0.15) is 39.1 Å². The molecule has 1 aliphatic heterocycles. The van der Waals surface area contributed by atoms with Gasteiger partial charge in [0.1, 0.15) is 5.82 Å². The number of benzene rings is 3. The third kappa shape index (κ3) is 3.85. The van der Waals surface area contributed by atoms with Crippen LogP contribution in [-0.4, -0.2) is 29.2 Å². The van der Waals surface area contributed by atoms with Crippen molar-refractivity contribution in [2.75, 3.05) is 6.54 Å². The molecule has 5 nitrogen and oxygen atoms in total. The van der Waals surface area contributed by atoms with Crippen LogP contribution in [0.25, 0.3) is 10.8 Å². The van der Waals surface area contributed by atoms with Gasteiger partial charge in [0.15, 0.2) is 0 Å². The Labute approximate surface area is 181 Å². The summed E-state index contributed by atoms with van der Waals surface area (Å²) in [7, 11) is 0. The lowest BCUT2D eigenvalue weighted by Gasteiger charge is -2.27. The monoisotopic (exact) mass is 468 g/mol. The first-order valence-corrected chi connectivity index (χ1v) is 10.3. The van der Waals surface area contributed by atoms with E-state index < -0.39 is 0 Å². The normalized spacial score (nSPS) is 13.1. The van der Waals surface area contributed by atoms with Gasteiger partial charge < -0.3 is 5.32 Å². The Morgan fingerprint density at radius 1 is 1.00 bits per heavy atom. The lowest BCUT2D eigenvalue weighted by molar-refractivity contribution is -0.121. The molecule has 4 rings (SSSR count). The molecule has 7 heteroatoms. The van der Waals surface area contributed by atoms with E-state index in [1.54, 1.807) is 30.3 Å². The minimum atomic E-state index is -0.375. The van der Waals surface area contributed by atoms with Gasteiger partial charge in [-0.25, -0.2) is 4.39 Å². The molecule has 0 atom stereocenters. The Morgan fingerprint density at radius 3 is 2.33 bits per heavy atom. The van der Waals surface area contributed by atoms with Gasteiger partial charge in [0.05, 0.1) is 0 Å². The number of carbonyl (C=O) groups excluding carboxylic acids is 3. The van der Waals surface area contributed by atoms with Gasteiger partial charge >= 0.3 is 0 Å². The second-order valence-corrected chi connectivity index (χ2v) is 7.94. The fourth-order valence-electron chi connectivity index (χ4n) is 3.64. The molecule has 3 amide bonds. The molecule has 3 aromatic carbocycles. The third-order valence-electron chi connectivity index (χ3n) is 5.13. The highest BCUT2D eigenvalue weighted by Crippen LogP contribution is 2.30. The zero-order valence-corrected chi connectivity index (χ0v) is 17.5. The predicted molar refractivity (Wildman–Crippen MR) is 114 cm³/mol. The standard InChI is InChI=1S/C23H18BrFN2O3/c24-19-10-9-16(25)12-15(19)13-26-20(28)8-3-11-27-22(29)17-6-1-4-14-5-2-7-18(21(14)17)23(27)30/h1-2,4-7,9-10,12H,3,8,11,13H2,(H,26,28). The minimum Gasteiger partial charge on any atom is -0.352 e. The maximum atomic E-state index is 13.3. The van der Waals surface area contributed by atoms with Crippen molar-refractivity contribution in [1.29, 1.82) is 0 Å². The number of halogens is 2. The van der Waals surface area contributed by atoms with Crippen LogP contribution >= 0.6 is 15.9 Å². The Kier molecular flexibility index (Phi) is 5.63. The zero-order chi connectivity index (χ0) is 21.3. The summed E-state index contributed by atoms with van der Waals surface area (Å²) in [6.45, 7) is 0.341. The lowest BCUT2D eigenvalue weighted by atomic mass is 9.94. The average molecular weight is 469 g/mol. The summed E-state index contributed by atoms with van der Waals surface area (Å²) in [5, 5.41) is 4.28. The van der Waals surface area contributed by atoms with Crippen LogP contribution in [0, 0.1) is 5.82 Å². The summed E-state index contributed by atoms with van der Waals surface area (Å²) in [6.07, 6.45) is 0.488. The first-order valence-electron chi connectivity index (χ1n) is 9.54. The van der Waals surface area contributed by atoms with Gasteiger partial charge in [-0.3, -0.25) is 19.3 Å². The Morgan fingerprint density at radius 2 is 1.67 bits per heavy atom. The number of nitrogens with zero attached hydrogens (tertiary/aromatic N) is 1. The van der Waals surface area contributed by atoms with Crippen molar-refractivity contribution < 1.29 is 18.8 Å². The van der Waals surface area contributed by atoms with Gasteiger partial charge in [-0.05, 0) is 47.7 Å². The number of nitrogens with one attached hydrogen (secondary N) is 1. The largest absolute Gasteiger partial charge is 0.352 e. The van der Waals surface area contributed by atoms with Crippen molar-refractivity contribution in [3.8, 4) is 0 Å². The van der Waals surface area contributed by atoms with Crippen molar-refractivity contribution in [2.45, 2.75) is 19.4 Å². The summed E-state index contributed by atoms with van der Waals surface area (Å²) in [5.74, 6) is -1.28. The molecule has 0 bridgehead atoms. The zero-order valence-electron chi connectivity index (χ0n) is 16.0. The highest BCUT2D eigenvalue weighted by molar-refractivity contribution is 9.10. The molecule has 0 saturated carbocycles. The van der Waals surface area contributed by atoms with Crippen molar-refractivity contribution in [3.05, 3.63) is 81.6 Å². The van der Waals surface area contributed by atoms with Crippen LogP contribution in [0.5, 0.6) is 0 Å². The molecule has 0 saturated heterocycles. The van der Waals surface area contributed by atoms with E-state index in [4.69, 9.17) is 0 Å². The number of hydrogen-bond acceptors (Lipinski definition) is 3. The molecule has 3 aromatic rings. The molecule has 0 unspecified atom stereocenters. The molecule has 1 heterocycles. The molecule has 1 aliphatic rings. The van der Waals surface area contributed by atoms with Gasteiger partial charge in [0.25, 0.3) is 11.8 Å². The topological polar surface area (TPSA) is 66.5 Å². The fourth-order valence-corrected chi connectivity index (χ4v) is 4.03. The maximum absolute atomic E-state index is 13.3. The first kappa shape index (κ1) is 20.2. The van der Waals surface area contributed by atoms with Crippen LogP contribution in [0.15, 0.2) is 59.1 Å². The predicted octanol–water partition coefficient (Wildman–Crippen LogP) is 4.43. The molecule has 0 spiro atoms. The second-order valence-electron chi connectivity index (χ2n) is 7.09. The molecule has 152 valence electrons. The number of amides is 3. The second kappa shape index (κ2) is 8.36. The van der Waals surface area contributed by atoms with E-state index in [0.717, 1.165) is 5.39 Å². The highest BCUT2D eigenvalue weighted by atomic mass is 79.9. The summed E-state index contributed by atoms with van der Waals surface area (Å²) in [5.41, 5.74) is 1.64. The van der Waals surface area contributed by atoms with Gasteiger partial charge in [0.2, 0.25) is 5.91 Å². The van der Waals surface area contributed by atoms with E-state index in [1.807, 2.05) is 12.1 Å². The molecule has 0 aliphatic carbocycles. The van der Waals surface area contributed by atoms with Crippen LogP contribution in [0.3, 0.4) is 0 Å². The smallest absolute Gasteiger partial charge is 0.261 e. The SMILES string of the molecule is O=C(CCCN1C(=O)c2cccc3cccc(c23)C1=O)NCc1cc(F)ccc1Br. The Balaban J connectivity index is 1.37. The molecule has 30 heavy (non-hydrogen) atoms. The van der Waals surface area contributed by atoms with Crippen molar-refractivity contribution in [3.63, 3.8) is 0 Å². The molecule has 1 N–H and O–H groups in total. The van der Waals surface area contributed by atoms with Crippen molar-refractivity contribution in [2.24, 2.45) is 0 Å². The minimum absolute atomic E-state index is 0.149. The Bertz CT molecular complexity index is 1130. The third-order valence-corrected chi connectivity index (χ3v) is 5.90. The van der Waals surface area contributed by atoms with E-state index in [-0.39, 0.29) is 43.0 Å². The summed E-state index contributed by atoms with van der Waals surface area (Å²) in [4.78, 5) is 39.0. The van der Waals surface area contributed by atoms with Crippen LogP contribution in [0.4, 0.5) is 4.39 Å². The lowest BCUT2D eigenvalue weighted by Crippen LogP contribution is -2.41. The maximum Gasteiger partial charge on any atom is 0.261 e. The summed E-state index contributed by atoms with van der Waals surface area (Å²) < 4.78 is 14.0. The summed E-state index contributed by atoms with van der Waals surface area (Å²) in [6, 6.07) is 15.1. The Hall–Kier alpha value is -3.06. The molecule has 0 fully saturated rings. The van der Waals surface area contributed by atoms with E-state index in [9.17, 15) is 18.8 Å². The van der Waals surface area contributed by atoms with Crippen LogP contribution < -0.4 is 5.32 Å². The van der Waals surface area contributed by atoms with E-state index in [0.29, 0.717) is 33.0 Å². The highest BCUT2D eigenvalue weighted by Gasteiger charge is 2.32. The average Bonchev–Trinajstić information content (AvgIpc) is 2.75. The fraction of sp³-hybridized carbons (Fsp3) is 0.174. The molecule has 0 radical (unpaired) electrons. The van der Waals surface area contributed by atoms with Gasteiger partial charge in [-0.1, -0.05) is 40.2 Å². The molecular weight excluding hydrogens is 451 g/mol. The van der Waals surface area contributed by atoms with E-state index in [1.165, 1.54) is 17.0 Å². The van der Waals surface area contributed by atoms with Crippen molar-refractivity contribution in [1.82, 2.24) is 10.2 Å². The van der Waals surface area contributed by atoms with Gasteiger partial charge in [-0.15, -0.1) is 0 Å². The number of carbonyl (C=O) groups is 3. The molecular formula is C23H18BrFN2O3. The van der Waals surface area contributed by atoms with Crippen LogP contribution in [-0.2, 0) is 11.3 Å². The van der Waals surface area contributed by atoms with E-state index >= 15 is 0 Å². The van der Waals surface area contributed by atoms with Crippen molar-refractivity contribution >= 4 is 44.4 Å². The number of rotatable bonds is 6.